The summed E-state index contributed by atoms with van der Waals surface area (Å²) in [5.74, 6) is -0.979. The molecule has 0 aliphatic heterocycles. The van der Waals surface area contributed by atoms with Crippen LogP contribution in [0.5, 0.6) is 0 Å². The number of carbonyl (C=O) groups is 1. The van der Waals surface area contributed by atoms with Crippen molar-refractivity contribution in [2.75, 3.05) is 0 Å². The topological polar surface area (TPSA) is 57.5 Å². The summed E-state index contributed by atoms with van der Waals surface area (Å²) in [6.07, 6.45) is 0. The first-order valence-electron chi connectivity index (χ1n) is 4.40. The summed E-state index contributed by atoms with van der Waals surface area (Å²) in [5.41, 5.74) is -2.86. The molecule has 0 radical (unpaired) electrons. The highest BCUT2D eigenvalue weighted by Gasteiger charge is 2.52. The molecule has 0 aromatic rings. The summed E-state index contributed by atoms with van der Waals surface area (Å²) in [7, 11) is 0. The molecule has 78 valence electrons. The van der Waals surface area contributed by atoms with Crippen LogP contribution in [0.25, 0.3) is 0 Å². The fourth-order valence-corrected chi connectivity index (χ4v) is 1.15. The summed E-state index contributed by atoms with van der Waals surface area (Å²) in [5, 5.41) is 19.1. The average Bonchev–Trinajstić information content (AvgIpc) is 1.84. The Morgan fingerprint density at radius 3 is 1.38 bits per heavy atom. The van der Waals surface area contributed by atoms with Crippen LogP contribution in [-0.4, -0.2) is 21.8 Å². The molecule has 3 heteroatoms. The molecule has 1 atom stereocenters. The molecular weight excluding hydrogens is 168 g/mol. The van der Waals surface area contributed by atoms with Crippen molar-refractivity contribution >= 4 is 5.97 Å². The first-order valence-corrected chi connectivity index (χ1v) is 4.40. The monoisotopic (exact) mass is 188 g/mol. The van der Waals surface area contributed by atoms with Gasteiger partial charge in [-0.3, -0.25) is 4.79 Å². The molecule has 0 aliphatic rings. The predicted octanol–water partition coefficient (Wildman–Crippen LogP) is 1.89. The SMILES string of the molecule is CC(C)(C)[C@@](C)(O)C(C)(C)C(=O)O. The van der Waals surface area contributed by atoms with E-state index in [0.29, 0.717) is 0 Å². The molecule has 0 amide bonds. The normalized spacial score (nSPS) is 18.1. The molecule has 0 saturated heterocycles. The number of rotatable bonds is 2. The van der Waals surface area contributed by atoms with Gasteiger partial charge in [-0.2, -0.15) is 0 Å². The van der Waals surface area contributed by atoms with Crippen molar-refractivity contribution in [2.24, 2.45) is 10.8 Å². The number of carboxylic acid groups (broad SMARTS) is 1. The van der Waals surface area contributed by atoms with Gasteiger partial charge in [-0.05, 0) is 26.2 Å². The Bertz CT molecular complexity index is 209. The minimum absolute atomic E-state index is 0.463. The minimum Gasteiger partial charge on any atom is -0.481 e. The lowest BCUT2D eigenvalue weighted by Crippen LogP contribution is -2.55. The van der Waals surface area contributed by atoms with E-state index in [1.807, 2.05) is 20.8 Å². The van der Waals surface area contributed by atoms with Gasteiger partial charge in [0.1, 0.15) is 0 Å². The van der Waals surface area contributed by atoms with Crippen LogP contribution in [0, 0.1) is 10.8 Å². The lowest BCUT2D eigenvalue weighted by atomic mass is 9.63. The summed E-state index contributed by atoms with van der Waals surface area (Å²) < 4.78 is 0. The molecule has 0 unspecified atom stereocenters. The Kier molecular flexibility index (Phi) is 2.85. The number of aliphatic hydroxyl groups is 1. The molecule has 0 spiro atoms. The van der Waals surface area contributed by atoms with Crippen molar-refractivity contribution in [3.05, 3.63) is 0 Å². The highest BCUT2D eigenvalue weighted by molar-refractivity contribution is 5.75. The average molecular weight is 188 g/mol. The molecule has 0 saturated carbocycles. The van der Waals surface area contributed by atoms with E-state index in [4.69, 9.17) is 5.11 Å². The summed E-state index contributed by atoms with van der Waals surface area (Å²) in [6.45, 7) is 10.1. The summed E-state index contributed by atoms with van der Waals surface area (Å²) >= 11 is 0. The molecule has 13 heavy (non-hydrogen) atoms. The second-order valence-corrected chi connectivity index (χ2v) is 5.25. The highest BCUT2D eigenvalue weighted by Crippen LogP contribution is 2.43. The van der Waals surface area contributed by atoms with Gasteiger partial charge in [0.2, 0.25) is 0 Å². The maximum Gasteiger partial charge on any atom is 0.312 e. The Morgan fingerprint density at radius 1 is 1.00 bits per heavy atom. The fourth-order valence-electron chi connectivity index (χ4n) is 1.15. The van der Waals surface area contributed by atoms with Crippen molar-refractivity contribution in [1.82, 2.24) is 0 Å². The third kappa shape index (κ3) is 1.85. The van der Waals surface area contributed by atoms with E-state index < -0.39 is 22.4 Å². The van der Waals surface area contributed by atoms with E-state index in [2.05, 4.69) is 0 Å². The van der Waals surface area contributed by atoms with Crippen molar-refractivity contribution in [3.8, 4) is 0 Å². The molecule has 0 bridgehead atoms. The van der Waals surface area contributed by atoms with Gasteiger partial charge in [0, 0.05) is 0 Å². The van der Waals surface area contributed by atoms with Crippen LogP contribution in [0.4, 0.5) is 0 Å². The van der Waals surface area contributed by atoms with Crippen LogP contribution in [0.2, 0.25) is 0 Å². The number of aliphatic carboxylic acids is 1. The fraction of sp³-hybridized carbons (Fsp3) is 0.900. The minimum atomic E-state index is -1.24. The Balaban J connectivity index is 5.16. The summed E-state index contributed by atoms with van der Waals surface area (Å²) in [6, 6.07) is 0. The zero-order valence-electron chi connectivity index (χ0n) is 9.30. The van der Waals surface area contributed by atoms with E-state index in [0.717, 1.165) is 0 Å². The van der Waals surface area contributed by atoms with Crippen LogP contribution in [0.1, 0.15) is 41.5 Å². The van der Waals surface area contributed by atoms with E-state index in [-0.39, 0.29) is 0 Å². The van der Waals surface area contributed by atoms with Gasteiger partial charge in [-0.15, -0.1) is 0 Å². The van der Waals surface area contributed by atoms with Crippen molar-refractivity contribution in [1.29, 1.82) is 0 Å². The molecule has 0 aliphatic carbocycles. The zero-order chi connectivity index (χ0) is 11.1. The molecule has 0 fully saturated rings. The van der Waals surface area contributed by atoms with Crippen LogP contribution < -0.4 is 0 Å². The highest BCUT2D eigenvalue weighted by atomic mass is 16.4. The van der Waals surface area contributed by atoms with Crippen molar-refractivity contribution < 1.29 is 15.0 Å². The van der Waals surface area contributed by atoms with E-state index in [1.54, 1.807) is 20.8 Å². The number of hydrogen-bond acceptors (Lipinski definition) is 2. The first kappa shape index (κ1) is 12.4. The zero-order valence-corrected chi connectivity index (χ0v) is 9.30. The van der Waals surface area contributed by atoms with E-state index in [9.17, 15) is 9.90 Å². The third-order valence-electron chi connectivity index (χ3n) is 3.21. The second-order valence-electron chi connectivity index (χ2n) is 5.25. The molecule has 3 nitrogen and oxygen atoms in total. The molecule has 0 aromatic carbocycles. The van der Waals surface area contributed by atoms with E-state index >= 15 is 0 Å². The summed E-state index contributed by atoms with van der Waals surface area (Å²) in [4.78, 5) is 11.0. The van der Waals surface area contributed by atoms with Crippen molar-refractivity contribution in [2.45, 2.75) is 47.1 Å². The first-order chi connectivity index (χ1) is 5.44. The molecule has 0 heterocycles. The molecule has 2 N–H and O–H groups in total. The van der Waals surface area contributed by atoms with Gasteiger partial charge in [0.25, 0.3) is 0 Å². The largest absolute Gasteiger partial charge is 0.481 e. The standard InChI is InChI=1S/C10H20O3/c1-8(2,3)10(6,13)9(4,5)7(11)12/h13H,1-6H3,(H,11,12)/t10-/m1/s1. The Morgan fingerprint density at radius 2 is 1.31 bits per heavy atom. The smallest absolute Gasteiger partial charge is 0.312 e. The van der Waals surface area contributed by atoms with Crippen LogP contribution in [0.3, 0.4) is 0 Å². The maximum absolute atomic E-state index is 11.0. The Labute approximate surface area is 79.8 Å². The second kappa shape index (κ2) is 2.98. The molecule has 0 aromatic heterocycles. The van der Waals surface area contributed by atoms with Gasteiger partial charge < -0.3 is 10.2 Å². The predicted molar refractivity (Wildman–Crippen MR) is 51.5 cm³/mol. The van der Waals surface area contributed by atoms with Gasteiger partial charge in [-0.25, -0.2) is 0 Å². The molecular formula is C10H20O3. The van der Waals surface area contributed by atoms with E-state index in [1.165, 1.54) is 0 Å². The van der Waals surface area contributed by atoms with Crippen molar-refractivity contribution in [3.63, 3.8) is 0 Å². The van der Waals surface area contributed by atoms with Gasteiger partial charge >= 0.3 is 5.97 Å². The number of carboxylic acids is 1. The molecule has 0 rings (SSSR count). The maximum atomic E-state index is 11.0. The van der Waals surface area contributed by atoms with Gasteiger partial charge in [0.05, 0.1) is 11.0 Å². The lowest BCUT2D eigenvalue weighted by molar-refractivity contribution is -0.178. The quantitative estimate of drug-likeness (QED) is 0.695. The van der Waals surface area contributed by atoms with Crippen LogP contribution >= 0.6 is 0 Å². The lowest BCUT2D eigenvalue weighted by Gasteiger charge is -2.46. The van der Waals surface area contributed by atoms with Gasteiger partial charge in [0.15, 0.2) is 0 Å². The number of hydrogen-bond donors (Lipinski definition) is 2. The third-order valence-corrected chi connectivity index (χ3v) is 3.21. The van der Waals surface area contributed by atoms with Gasteiger partial charge in [-0.1, -0.05) is 20.8 Å². The van der Waals surface area contributed by atoms with Crippen LogP contribution in [0.15, 0.2) is 0 Å². The Hall–Kier alpha value is -0.570. The van der Waals surface area contributed by atoms with Crippen LogP contribution in [-0.2, 0) is 4.79 Å².